The summed E-state index contributed by atoms with van der Waals surface area (Å²) in [4.78, 5) is 12.5. The maximum atomic E-state index is 12.5. The van der Waals surface area contributed by atoms with E-state index in [1.165, 1.54) is 0 Å². The summed E-state index contributed by atoms with van der Waals surface area (Å²) in [6.07, 6.45) is 2.28. The van der Waals surface area contributed by atoms with Gasteiger partial charge >= 0.3 is 0 Å². The van der Waals surface area contributed by atoms with Crippen LogP contribution in [0, 0.1) is 5.92 Å². The Kier molecular flexibility index (Phi) is 3.21. The molecule has 21 heavy (non-hydrogen) atoms. The van der Waals surface area contributed by atoms with Crippen molar-refractivity contribution in [2.45, 2.75) is 31.0 Å². The van der Waals surface area contributed by atoms with E-state index < -0.39 is 0 Å². The Morgan fingerprint density at radius 2 is 2.24 bits per heavy atom. The van der Waals surface area contributed by atoms with Crippen molar-refractivity contribution in [3.05, 3.63) is 35.2 Å². The zero-order chi connectivity index (χ0) is 14.4. The fourth-order valence-corrected chi connectivity index (χ4v) is 4.45. The lowest BCUT2D eigenvalue weighted by atomic mass is 9.68. The smallest absolute Gasteiger partial charge is 0.253 e. The number of fused-ring (bicyclic) bond motifs is 2. The highest BCUT2D eigenvalue weighted by molar-refractivity contribution is 7.17. The van der Waals surface area contributed by atoms with Gasteiger partial charge in [0, 0.05) is 34.0 Å². The van der Waals surface area contributed by atoms with Crippen molar-refractivity contribution in [2.24, 2.45) is 11.7 Å². The predicted molar refractivity (Wildman–Crippen MR) is 83.5 cm³/mol. The molecule has 2 heterocycles. The molecule has 110 valence electrons. The summed E-state index contributed by atoms with van der Waals surface area (Å²) < 4.78 is 6.91. The number of carbonyl (C=O) groups is 1. The summed E-state index contributed by atoms with van der Waals surface area (Å²) in [6, 6.07) is 7.93. The molecule has 2 fully saturated rings. The van der Waals surface area contributed by atoms with Crippen LogP contribution in [0.5, 0.6) is 0 Å². The van der Waals surface area contributed by atoms with Gasteiger partial charge in [0.1, 0.15) is 0 Å². The van der Waals surface area contributed by atoms with Crippen molar-refractivity contribution < 1.29 is 9.53 Å². The Morgan fingerprint density at radius 1 is 1.38 bits per heavy atom. The average Bonchev–Trinajstić information content (AvgIpc) is 2.96. The normalized spacial score (nSPS) is 31.5. The Hall–Kier alpha value is -1.43. The highest BCUT2D eigenvalue weighted by Gasteiger charge is 2.51. The highest BCUT2D eigenvalue weighted by atomic mass is 32.1. The fraction of sp³-hybridized carbons (Fsp3) is 0.438. The third-order valence-corrected chi connectivity index (χ3v) is 5.66. The number of nitrogens with two attached hydrogens (primary N) is 1. The fourth-order valence-electron chi connectivity index (χ4n) is 3.51. The first-order chi connectivity index (χ1) is 10.3. The summed E-state index contributed by atoms with van der Waals surface area (Å²) in [6.45, 7) is 0.779. The van der Waals surface area contributed by atoms with E-state index in [1.54, 1.807) is 11.3 Å². The van der Waals surface area contributed by atoms with Crippen LogP contribution in [0.4, 0.5) is 0 Å². The van der Waals surface area contributed by atoms with Gasteiger partial charge in [0.2, 0.25) is 0 Å². The molecule has 2 aromatic rings. The average molecular weight is 302 g/mol. The molecule has 5 heteroatoms. The lowest BCUT2D eigenvalue weighted by Gasteiger charge is -2.52. The third-order valence-electron chi connectivity index (χ3n) is 4.70. The highest BCUT2D eigenvalue weighted by Crippen LogP contribution is 2.37. The quantitative estimate of drug-likeness (QED) is 0.893. The first-order valence-electron chi connectivity index (χ1n) is 7.40. The van der Waals surface area contributed by atoms with E-state index in [0.29, 0.717) is 5.92 Å². The van der Waals surface area contributed by atoms with E-state index in [0.717, 1.165) is 35.1 Å². The molecule has 4 nitrogen and oxygen atoms in total. The number of rotatable bonds is 2. The molecule has 4 rings (SSSR count). The van der Waals surface area contributed by atoms with Gasteiger partial charge in [-0.15, -0.1) is 11.3 Å². The zero-order valence-corrected chi connectivity index (χ0v) is 12.4. The number of nitrogens with one attached hydrogen (secondary N) is 1. The molecule has 0 spiro atoms. The molecule has 1 amide bonds. The second-order valence-electron chi connectivity index (χ2n) is 5.86. The van der Waals surface area contributed by atoms with Crippen LogP contribution in [-0.4, -0.2) is 30.7 Å². The van der Waals surface area contributed by atoms with Gasteiger partial charge in [-0.2, -0.15) is 0 Å². The zero-order valence-electron chi connectivity index (χ0n) is 11.6. The molecule has 4 atom stereocenters. The van der Waals surface area contributed by atoms with E-state index in [2.05, 4.69) is 5.32 Å². The lowest BCUT2D eigenvalue weighted by molar-refractivity contribution is -0.117. The van der Waals surface area contributed by atoms with Crippen LogP contribution >= 0.6 is 11.3 Å². The SMILES string of the molecule is NC1C2CCCOC2C1NC(=O)c1csc2ccccc12. The maximum absolute atomic E-state index is 12.5. The molecule has 1 saturated heterocycles. The molecule has 1 aliphatic carbocycles. The predicted octanol–water partition coefficient (Wildman–Crippen LogP) is 2.14. The molecular formula is C16H18N2O2S. The van der Waals surface area contributed by atoms with Crippen LogP contribution in [0.15, 0.2) is 29.6 Å². The van der Waals surface area contributed by atoms with Crippen molar-refractivity contribution in [3.63, 3.8) is 0 Å². The Balaban J connectivity index is 1.53. The first-order valence-corrected chi connectivity index (χ1v) is 8.28. The van der Waals surface area contributed by atoms with Crippen LogP contribution in [0.2, 0.25) is 0 Å². The van der Waals surface area contributed by atoms with Crippen molar-refractivity contribution >= 4 is 27.3 Å². The Labute approximate surface area is 127 Å². The van der Waals surface area contributed by atoms with Crippen LogP contribution in [-0.2, 0) is 4.74 Å². The van der Waals surface area contributed by atoms with Gasteiger partial charge in [-0.1, -0.05) is 18.2 Å². The number of amides is 1. The minimum absolute atomic E-state index is 0.0177. The topological polar surface area (TPSA) is 64.3 Å². The molecule has 0 bridgehead atoms. The largest absolute Gasteiger partial charge is 0.376 e. The summed E-state index contributed by atoms with van der Waals surface area (Å²) >= 11 is 1.60. The molecule has 2 aliphatic rings. The van der Waals surface area contributed by atoms with E-state index in [-0.39, 0.29) is 24.1 Å². The molecule has 1 saturated carbocycles. The van der Waals surface area contributed by atoms with Crippen LogP contribution in [0.25, 0.3) is 10.1 Å². The van der Waals surface area contributed by atoms with Gasteiger partial charge in [0.25, 0.3) is 5.91 Å². The Morgan fingerprint density at radius 3 is 3.14 bits per heavy atom. The molecule has 1 aromatic heterocycles. The van der Waals surface area contributed by atoms with E-state index in [9.17, 15) is 4.79 Å². The van der Waals surface area contributed by atoms with Gasteiger partial charge in [-0.05, 0) is 18.9 Å². The van der Waals surface area contributed by atoms with Gasteiger partial charge in [0.15, 0.2) is 0 Å². The lowest BCUT2D eigenvalue weighted by Crippen LogP contribution is -2.72. The number of hydrogen-bond acceptors (Lipinski definition) is 4. The summed E-state index contributed by atoms with van der Waals surface area (Å²) in [5, 5.41) is 6.01. The minimum atomic E-state index is -0.0542. The third kappa shape index (κ3) is 2.08. The monoisotopic (exact) mass is 302 g/mol. The number of ether oxygens (including phenoxy) is 1. The van der Waals surface area contributed by atoms with Crippen molar-refractivity contribution in [1.82, 2.24) is 5.32 Å². The summed E-state index contributed by atoms with van der Waals surface area (Å²) in [5.74, 6) is 0.365. The van der Waals surface area contributed by atoms with E-state index in [4.69, 9.17) is 10.5 Å². The molecule has 3 N–H and O–H groups in total. The van der Waals surface area contributed by atoms with Crippen LogP contribution in [0.1, 0.15) is 23.2 Å². The summed E-state index contributed by atoms with van der Waals surface area (Å²) in [7, 11) is 0. The van der Waals surface area contributed by atoms with Crippen molar-refractivity contribution in [3.8, 4) is 0 Å². The molecule has 4 unspecified atom stereocenters. The summed E-state index contributed by atoms with van der Waals surface area (Å²) in [5.41, 5.74) is 6.94. The van der Waals surface area contributed by atoms with Crippen molar-refractivity contribution in [1.29, 1.82) is 0 Å². The van der Waals surface area contributed by atoms with Crippen LogP contribution < -0.4 is 11.1 Å². The van der Waals surface area contributed by atoms with Crippen molar-refractivity contribution in [2.75, 3.05) is 6.61 Å². The number of thiophene rings is 1. The standard InChI is InChI=1S/C16H18N2O2S/c17-13-10-5-3-7-20-15(10)14(13)18-16(19)11-8-21-12-6-2-1-4-9(11)12/h1-2,4,6,8,10,13-15H,3,5,7,17H2,(H,18,19). The molecule has 0 radical (unpaired) electrons. The maximum Gasteiger partial charge on any atom is 0.253 e. The second kappa shape index (κ2) is 5.09. The minimum Gasteiger partial charge on any atom is -0.376 e. The molecule has 1 aliphatic heterocycles. The first kappa shape index (κ1) is 13.2. The van der Waals surface area contributed by atoms with Crippen LogP contribution in [0.3, 0.4) is 0 Å². The van der Waals surface area contributed by atoms with E-state index >= 15 is 0 Å². The second-order valence-corrected chi connectivity index (χ2v) is 6.77. The Bertz CT molecular complexity index is 684. The van der Waals surface area contributed by atoms with Gasteiger partial charge < -0.3 is 15.8 Å². The number of hydrogen-bond donors (Lipinski definition) is 2. The number of carbonyl (C=O) groups excluding carboxylic acids is 1. The molecule has 1 aromatic carbocycles. The van der Waals surface area contributed by atoms with E-state index in [1.807, 2.05) is 29.6 Å². The number of benzene rings is 1. The molecular weight excluding hydrogens is 284 g/mol. The van der Waals surface area contributed by atoms with Gasteiger partial charge in [-0.25, -0.2) is 0 Å². The van der Waals surface area contributed by atoms with Gasteiger partial charge in [0.05, 0.1) is 17.7 Å². The van der Waals surface area contributed by atoms with Gasteiger partial charge in [-0.3, -0.25) is 4.79 Å².